The van der Waals surface area contributed by atoms with Crippen molar-refractivity contribution < 1.29 is 9.53 Å². The van der Waals surface area contributed by atoms with Crippen molar-refractivity contribution in [1.29, 1.82) is 0 Å². The van der Waals surface area contributed by atoms with Crippen molar-refractivity contribution in [3.63, 3.8) is 0 Å². The van der Waals surface area contributed by atoms with Crippen molar-refractivity contribution in [2.24, 2.45) is 0 Å². The number of ketones is 1. The van der Waals surface area contributed by atoms with Gasteiger partial charge in [0.1, 0.15) is 5.75 Å². The predicted molar refractivity (Wildman–Crippen MR) is 89.6 cm³/mol. The second-order valence-corrected chi connectivity index (χ2v) is 7.73. The summed E-state index contributed by atoms with van der Waals surface area (Å²) in [7, 11) is 1.64. The Morgan fingerprint density at radius 3 is 2.65 bits per heavy atom. The fourth-order valence-electron chi connectivity index (χ4n) is 2.69. The first-order valence-corrected chi connectivity index (χ1v) is 9.10. The molecule has 1 aliphatic heterocycles. The molecule has 1 aliphatic rings. The molecule has 1 saturated heterocycles. The summed E-state index contributed by atoms with van der Waals surface area (Å²) in [4.78, 5) is 13.0. The molecule has 0 amide bonds. The summed E-state index contributed by atoms with van der Waals surface area (Å²) in [6.07, 6.45) is 1.04. The average Bonchev–Trinajstić information content (AvgIpc) is 2.45. The van der Waals surface area contributed by atoms with Crippen LogP contribution >= 0.6 is 23.5 Å². The smallest absolute Gasteiger partial charge is 0.180 e. The molecule has 1 aromatic rings. The van der Waals surface area contributed by atoms with Crippen molar-refractivity contribution in [3.8, 4) is 5.75 Å². The molecule has 0 aromatic heterocycles. The van der Waals surface area contributed by atoms with Gasteiger partial charge in [0, 0.05) is 16.8 Å². The second kappa shape index (κ2) is 6.90. The Balaban J connectivity index is 2.37. The number of thioether (sulfide) groups is 2. The van der Waals surface area contributed by atoms with E-state index in [1.54, 1.807) is 18.9 Å². The van der Waals surface area contributed by atoms with Gasteiger partial charge in [-0.25, -0.2) is 0 Å². The Labute approximate surface area is 130 Å². The molecule has 20 heavy (non-hydrogen) atoms. The maximum Gasteiger partial charge on any atom is 0.180 e. The van der Waals surface area contributed by atoms with Gasteiger partial charge >= 0.3 is 0 Å². The van der Waals surface area contributed by atoms with Crippen LogP contribution in [0, 0.1) is 13.8 Å². The van der Waals surface area contributed by atoms with Crippen molar-refractivity contribution in [2.75, 3.05) is 18.6 Å². The number of hydrogen-bond acceptors (Lipinski definition) is 4. The van der Waals surface area contributed by atoms with Crippen LogP contribution in [0.3, 0.4) is 0 Å². The number of ether oxygens (including phenoxy) is 1. The van der Waals surface area contributed by atoms with Crippen LogP contribution in [0.25, 0.3) is 0 Å². The molecule has 2 unspecified atom stereocenters. The van der Waals surface area contributed by atoms with E-state index in [0.717, 1.165) is 40.4 Å². The molecule has 0 bridgehead atoms. The summed E-state index contributed by atoms with van der Waals surface area (Å²) in [6.45, 7) is 6.21. The van der Waals surface area contributed by atoms with E-state index in [4.69, 9.17) is 4.74 Å². The van der Waals surface area contributed by atoms with Crippen LogP contribution in [-0.4, -0.2) is 34.9 Å². The lowest BCUT2D eigenvalue weighted by atomic mass is 9.97. The van der Waals surface area contributed by atoms with Crippen LogP contribution in [0.1, 0.15) is 34.8 Å². The summed E-state index contributed by atoms with van der Waals surface area (Å²) < 4.78 is 5.45. The highest BCUT2D eigenvalue weighted by Gasteiger charge is 2.33. The molecule has 4 heteroatoms. The molecule has 0 radical (unpaired) electrons. The standard InChI is InChI=1S/C16H22O2S2/c1-5-13-16(20-7-6-19-13)15(17)14-11(3)8-10(2)9-12(14)18-4/h8-9,13,16H,5-7H2,1-4H3. The van der Waals surface area contributed by atoms with E-state index < -0.39 is 0 Å². The van der Waals surface area contributed by atoms with E-state index in [-0.39, 0.29) is 11.0 Å². The fourth-order valence-corrected chi connectivity index (χ4v) is 5.70. The van der Waals surface area contributed by atoms with E-state index in [1.165, 1.54) is 0 Å². The zero-order valence-electron chi connectivity index (χ0n) is 12.6. The van der Waals surface area contributed by atoms with E-state index in [2.05, 4.69) is 13.0 Å². The lowest BCUT2D eigenvalue weighted by Gasteiger charge is -2.29. The van der Waals surface area contributed by atoms with Gasteiger partial charge in [0.25, 0.3) is 0 Å². The third kappa shape index (κ3) is 3.17. The lowest BCUT2D eigenvalue weighted by Crippen LogP contribution is -2.33. The summed E-state index contributed by atoms with van der Waals surface area (Å²) in [6, 6.07) is 4.03. The molecule has 0 aliphatic carbocycles. The lowest BCUT2D eigenvalue weighted by molar-refractivity contribution is 0.0984. The van der Waals surface area contributed by atoms with Crippen LogP contribution in [0.2, 0.25) is 0 Å². The van der Waals surface area contributed by atoms with Crippen LogP contribution in [-0.2, 0) is 0 Å². The largest absolute Gasteiger partial charge is 0.496 e. The van der Waals surface area contributed by atoms with E-state index in [1.807, 2.05) is 31.7 Å². The van der Waals surface area contributed by atoms with Gasteiger partial charge in [0.15, 0.2) is 5.78 Å². The molecule has 1 heterocycles. The highest BCUT2D eigenvalue weighted by Crippen LogP contribution is 2.37. The van der Waals surface area contributed by atoms with Crippen molar-refractivity contribution in [3.05, 3.63) is 28.8 Å². The van der Waals surface area contributed by atoms with Gasteiger partial charge in [-0.2, -0.15) is 11.8 Å². The van der Waals surface area contributed by atoms with E-state index >= 15 is 0 Å². The third-order valence-corrected chi connectivity index (χ3v) is 6.87. The number of methoxy groups -OCH3 is 1. The number of hydrogen-bond donors (Lipinski definition) is 0. The minimum Gasteiger partial charge on any atom is -0.496 e. The number of benzene rings is 1. The average molecular weight is 310 g/mol. The monoisotopic (exact) mass is 310 g/mol. The van der Waals surface area contributed by atoms with Crippen molar-refractivity contribution in [2.45, 2.75) is 37.7 Å². The Morgan fingerprint density at radius 2 is 2.00 bits per heavy atom. The predicted octanol–water partition coefficient (Wildman–Crippen LogP) is 4.12. The quantitative estimate of drug-likeness (QED) is 0.781. The Kier molecular flexibility index (Phi) is 5.44. The number of carbonyl (C=O) groups excluding carboxylic acids is 1. The molecule has 0 saturated carbocycles. The number of carbonyl (C=O) groups is 1. The SMILES string of the molecule is CCC1SCCSC1C(=O)c1c(C)cc(C)cc1OC. The molecule has 1 aromatic carbocycles. The first kappa shape index (κ1) is 15.8. The molecule has 1 fully saturated rings. The fraction of sp³-hybridized carbons (Fsp3) is 0.562. The molecular weight excluding hydrogens is 288 g/mol. The maximum atomic E-state index is 13.0. The van der Waals surface area contributed by atoms with Gasteiger partial charge in [0.05, 0.1) is 17.9 Å². The molecular formula is C16H22O2S2. The first-order chi connectivity index (χ1) is 9.58. The highest BCUT2D eigenvalue weighted by molar-refractivity contribution is 8.07. The molecule has 2 nitrogen and oxygen atoms in total. The molecule has 2 rings (SSSR count). The minimum absolute atomic E-state index is 0.0639. The van der Waals surface area contributed by atoms with Crippen LogP contribution in [0.15, 0.2) is 12.1 Å². The summed E-state index contributed by atoms with van der Waals surface area (Å²) >= 11 is 3.74. The number of aryl methyl sites for hydroxylation is 2. The summed E-state index contributed by atoms with van der Waals surface area (Å²) in [5.41, 5.74) is 2.93. The Morgan fingerprint density at radius 1 is 1.30 bits per heavy atom. The van der Waals surface area contributed by atoms with E-state index in [9.17, 15) is 4.79 Å². The van der Waals surface area contributed by atoms with Gasteiger partial charge in [-0.1, -0.05) is 13.0 Å². The second-order valence-electron chi connectivity index (χ2n) is 5.13. The number of Topliss-reactive ketones (excluding diaryl/α,β-unsaturated/α-hetero) is 1. The van der Waals surface area contributed by atoms with Gasteiger partial charge < -0.3 is 4.74 Å². The van der Waals surface area contributed by atoms with Crippen molar-refractivity contribution >= 4 is 29.3 Å². The molecule has 0 N–H and O–H groups in total. The highest BCUT2D eigenvalue weighted by atomic mass is 32.2. The van der Waals surface area contributed by atoms with Gasteiger partial charge in [0.2, 0.25) is 0 Å². The normalized spacial score (nSPS) is 22.6. The Hall–Kier alpha value is -0.610. The van der Waals surface area contributed by atoms with Gasteiger partial charge in [-0.05, 0) is 37.5 Å². The zero-order chi connectivity index (χ0) is 14.7. The van der Waals surface area contributed by atoms with Crippen LogP contribution in [0.5, 0.6) is 5.75 Å². The van der Waals surface area contributed by atoms with Crippen LogP contribution < -0.4 is 4.74 Å². The zero-order valence-corrected chi connectivity index (χ0v) is 14.2. The number of rotatable bonds is 4. The first-order valence-electron chi connectivity index (χ1n) is 7.01. The summed E-state index contributed by atoms with van der Waals surface area (Å²) in [5, 5.41) is 0.487. The molecule has 110 valence electrons. The van der Waals surface area contributed by atoms with Gasteiger partial charge in [-0.3, -0.25) is 4.79 Å². The molecule has 2 atom stereocenters. The molecule has 0 spiro atoms. The van der Waals surface area contributed by atoms with Gasteiger partial charge in [-0.15, -0.1) is 11.8 Å². The summed E-state index contributed by atoms with van der Waals surface area (Å²) in [5.74, 6) is 3.17. The van der Waals surface area contributed by atoms with Crippen molar-refractivity contribution in [1.82, 2.24) is 0 Å². The minimum atomic E-state index is 0.0639. The third-order valence-electron chi connectivity index (χ3n) is 3.62. The maximum absolute atomic E-state index is 13.0. The van der Waals surface area contributed by atoms with Crippen LogP contribution in [0.4, 0.5) is 0 Å². The Bertz CT molecular complexity index is 499. The van der Waals surface area contributed by atoms with E-state index in [0.29, 0.717) is 5.25 Å². The topological polar surface area (TPSA) is 26.3 Å².